The molecule has 148 valence electrons. The number of rotatable bonds is 3. The fourth-order valence-electron chi connectivity index (χ4n) is 3.76. The molecular weight excluding hydrogens is 444 g/mol. The van der Waals surface area contributed by atoms with Crippen molar-refractivity contribution in [1.29, 1.82) is 0 Å². The molecule has 5 heteroatoms. The summed E-state index contributed by atoms with van der Waals surface area (Å²) in [6.45, 7) is 0. The average molecular weight is 461 g/mol. The van der Waals surface area contributed by atoms with E-state index in [-0.39, 0.29) is 5.92 Å². The van der Waals surface area contributed by atoms with E-state index in [1.54, 1.807) is 13.2 Å². The van der Waals surface area contributed by atoms with Crippen LogP contribution < -0.4 is 15.1 Å². The van der Waals surface area contributed by atoms with Gasteiger partial charge in [-0.2, -0.15) is 0 Å². The van der Waals surface area contributed by atoms with E-state index >= 15 is 0 Å². The van der Waals surface area contributed by atoms with E-state index in [1.165, 1.54) is 0 Å². The van der Waals surface area contributed by atoms with Gasteiger partial charge in [0.15, 0.2) is 0 Å². The molecule has 4 nitrogen and oxygen atoms in total. The minimum atomic E-state index is -0.400. The third kappa shape index (κ3) is 3.21. The van der Waals surface area contributed by atoms with Gasteiger partial charge in [-0.1, -0.05) is 52.3 Å². The molecule has 1 aliphatic heterocycles. The fourth-order valence-corrected chi connectivity index (χ4v) is 4.02. The first-order valence-corrected chi connectivity index (χ1v) is 10.3. The summed E-state index contributed by atoms with van der Waals surface area (Å²) in [5.74, 6) is 1.63. The summed E-state index contributed by atoms with van der Waals surface area (Å²) in [7, 11) is 1.63. The SMILES string of the molecule is COc1cccc(C2C=C(c3ccc(Br)cc3)Oc3c2c(=O)oc2ccccc32)c1. The summed E-state index contributed by atoms with van der Waals surface area (Å²) in [6.07, 6.45) is 1.96. The zero-order valence-electron chi connectivity index (χ0n) is 16.1. The number of para-hydroxylation sites is 1. The summed E-state index contributed by atoms with van der Waals surface area (Å²) < 4.78 is 18.3. The molecule has 0 saturated heterocycles. The Bertz CT molecular complexity index is 1340. The van der Waals surface area contributed by atoms with Gasteiger partial charge in [-0.3, -0.25) is 0 Å². The molecule has 30 heavy (non-hydrogen) atoms. The molecule has 1 atom stereocenters. The number of fused-ring (bicyclic) bond motifs is 3. The number of halogens is 1. The number of hydrogen-bond donors (Lipinski definition) is 0. The molecule has 1 aliphatic rings. The standard InChI is InChI=1S/C25H17BrO4/c1-28-18-6-4-5-16(13-18)20-14-22(15-9-11-17(26)12-10-15)29-24-19-7-2-3-8-21(19)30-25(27)23(20)24/h2-14,20H,1H3. The Labute approximate surface area is 181 Å². The molecule has 0 bridgehead atoms. The molecule has 0 saturated carbocycles. The van der Waals surface area contributed by atoms with Crippen LogP contribution in [-0.4, -0.2) is 7.11 Å². The van der Waals surface area contributed by atoms with Crippen molar-refractivity contribution in [2.75, 3.05) is 7.11 Å². The lowest BCUT2D eigenvalue weighted by Crippen LogP contribution is -2.19. The van der Waals surface area contributed by atoms with Gasteiger partial charge in [-0.05, 0) is 48.0 Å². The maximum absolute atomic E-state index is 13.0. The maximum Gasteiger partial charge on any atom is 0.344 e. The quantitative estimate of drug-likeness (QED) is 0.345. The molecule has 0 aliphatic carbocycles. The molecule has 0 amide bonds. The first-order valence-electron chi connectivity index (χ1n) is 9.49. The molecule has 5 rings (SSSR count). The van der Waals surface area contributed by atoms with Gasteiger partial charge < -0.3 is 13.9 Å². The lowest BCUT2D eigenvalue weighted by molar-refractivity contribution is 0.414. The van der Waals surface area contributed by atoms with Gasteiger partial charge in [0, 0.05) is 16.0 Å². The molecule has 0 fully saturated rings. The van der Waals surface area contributed by atoms with E-state index in [4.69, 9.17) is 13.9 Å². The third-order valence-corrected chi connectivity index (χ3v) is 5.75. The molecule has 0 radical (unpaired) electrons. The highest BCUT2D eigenvalue weighted by molar-refractivity contribution is 9.10. The largest absolute Gasteiger partial charge is 0.497 e. The highest BCUT2D eigenvalue weighted by Crippen LogP contribution is 2.43. The van der Waals surface area contributed by atoms with E-state index in [9.17, 15) is 4.79 Å². The van der Waals surface area contributed by atoms with E-state index < -0.39 is 5.63 Å². The van der Waals surface area contributed by atoms with Gasteiger partial charge in [0.1, 0.15) is 22.8 Å². The second-order valence-corrected chi connectivity index (χ2v) is 7.94. The van der Waals surface area contributed by atoms with Crippen molar-refractivity contribution in [3.63, 3.8) is 0 Å². The summed E-state index contributed by atoms with van der Waals surface area (Å²) in [5, 5.41) is 0.766. The van der Waals surface area contributed by atoms with Crippen LogP contribution in [0.25, 0.3) is 16.7 Å². The van der Waals surface area contributed by atoms with Gasteiger partial charge in [0.2, 0.25) is 0 Å². The lowest BCUT2D eigenvalue weighted by atomic mass is 9.88. The van der Waals surface area contributed by atoms with Crippen LogP contribution >= 0.6 is 15.9 Å². The molecule has 0 spiro atoms. The molecule has 0 N–H and O–H groups in total. The summed E-state index contributed by atoms with van der Waals surface area (Å²) in [6, 6.07) is 23.0. The van der Waals surface area contributed by atoms with Crippen LogP contribution in [0.5, 0.6) is 11.5 Å². The van der Waals surface area contributed by atoms with Crippen LogP contribution in [0.3, 0.4) is 0 Å². The number of allylic oxidation sites excluding steroid dienone is 1. The second kappa shape index (κ2) is 7.50. The van der Waals surface area contributed by atoms with E-state index in [0.29, 0.717) is 22.7 Å². The monoisotopic (exact) mass is 460 g/mol. The van der Waals surface area contributed by atoms with E-state index in [2.05, 4.69) is 15.9 Å². The van der Waals surface area contributed by atoms with Gasteiger partial charge >= 0.3 is 5.63 Å². The topological polar surface area (TPSA) is 48.7 Å². The Morgan fingerprint density at radius 3 is 2.57 bits per heavy atom. The van der Waals surface area contributed by atoms with Crippen molar-refractivity contribution < 1.29 is 13.9 Å². The Morgan fingerprint density at radius 2 is 1.77 bits per heavy atom. The van der Waals surface area contributed by atoms with Gasteiger partial charge in [-0.15, -0.1) is 0 Å². The second-order valence-electron chi connectivity index (χ2n) is 7.02. The maximum atomic E-state index is 13.0. The summed E-state index contributed by atoms with van der Waals surface area (Å²) in [5.41, 5.74) is 2.44. The van der Waals surface area contributed by atoms with E-state index in [1.807, 2.05) is 72.8 Å². The fraction of sp³-hybridized carbons (Fsp3) is 0.0800. The van der Waals surface area contributed by atoms with Crippen molar-refractivity contribution in [1.82, 2.24) is 0 Å². The van der Waals surface area contributed by atoms with E-state index in [0.717, 1.165) is 26.7 Å². The summed E-state index contributed by atoms with van der Waals surface area (Å²) >= 11 is 3.47. The van der Waals surface area contributed by atoms with Crippen LogP contribution in [0.2, 0.25) is 0 Å². The highest BCUT2D eigenvalue weighted by Gasteiger charge is 2.30. The van der Waals surface area contributed by atoms with Crippen LogP contribution in [0.4, 0.5) is 0 Å². The molecule has 4 aromatic rings. The average Bonchev–Trinajstić information content (AvgIpc) is 2.79. The highest BCUT2D eigenvalue weighted by atomic mass is 79.9. The van der Waals surface area contributed by atoms with Crippen molar-refractivity contribution in [3.05, 3.63) is 110 Å². The molecule has 1 aromatic heterocycles. The zero-order valence-corrected chi connectivity index (χ0v) is 17.7. The summed E-state index contributed by atoms with van der Waals surface area (Å²) in [4.78, 5) is 13.0. The van der Waals surface area contributed by atoms with Crippen LogP contribution in [0.1, 0.15) is 22.6 Å². The first kappa shape index (κ1) is 18.7. The zero-order chi connectivity index (χ0) is 20.7. The molecule has 1 unspecified atom stereocenters. The Balaban J connectivity index is 1.77. The van der Waals surface area contributed by atoms with Crippen LogP contribution in [0.15, 0.2) is 92.6 Å². The molecule has 3 aromatic carbocycles. The van der Waals surface area contributed by atoms with Crippen LogP contribution in [-0.2, 0) is 0 Å². The normalized spacial score (nSPS) is 15.3. The van der Waals surface area contributed by atoms with Gasteiger partial charge in [0.05, 0.1) is 18.1 Å². The number of methoxy groups -OCH3 is 1. The lowest BCUT2D eigenvalue weighted by Gasteiger charge is -2.25. The van der Waals surface area contributed by atoms with Crippen molar-refractivity contribution in [2.24, 2.45) is 0 Å². The predicted octanol–water partition coefficient (Wildman–Crippen LogP) is 6.13. The number of ether oxygens (including phenoxy) is 2. The Kier molecular flexibility index (Phi) is 4.68. The van der Waals surface area contributed by atoms with Crippen molar-refractivity contribution in [3.8, 4) is 11.5 Å². The van der Waals surface area contributed by atoms with Gasteiger partial charge in [0.25, 0.3) is 0 Å². The number of hydrogen-bond acceptors (Lipinski definition) is 4. The van der Waals surface area contributed by atoms with Crippen molar-refractivity contribution in [2.45, 2.75) is 5.92 Å². The van der Waals surface area contributed by atoms with Crippen molar-refractivity contribution >= 4 is 32.7 Å². The minimum absolute atomic E-state index is 0.330. The molecular formula is C25H17BrO4. The smallest absolute Gasteiger partial charge is 0.344 e. The number of benzene rings is 3. The Hall–Kier alpha value is -3.31. The third-order valence-electron chi connectivity index (χ3n) is 5.22. The minimum Gasteiger partial charge on any atom is -0.497 e. The van der Waals surface area contributed by atoms with Crippen LogP contribution in [0, 0.1) is 0 Å². The first-order chi connectivity index (χ1) is 14.6. The molecule has 2 heterocycles. The van der Waals surface area contributed by atoms with Gasteiger partial charge in [-0.25, -0.2) is 4.79 Å². The Morgan fingerprint density at radius 1 is 0.967 bits per heavy atom. The predicted molar refractivity (Wildman–Crippen MR) is 120 cm³/mol.